The Kier molecular flexibility index (Phi) is 6.05. The third kappa shape index (κ3) is 4.74. The average Bonchev–Trinajstić information content (AvgIpc) is 2.50. The maximum atomic E-state index is 11.6. The zero-order valence-corrected chi connectivity index (χ0v) is 13.0. The molecule has 0 saturated carbocycles. The van der Waals surface area contributed by atoms with Crippen LogP contribution in [0.4, 0.5) is 5.69 Å². The lowest BCUT2D eigenvalue weighted by Gasteiger charge is -2.31. The highest BCUT2D eigenvalue weighted by Crippen LogP contribution is 2.23. The number of nitrogens with one attached hydrogen (secondary N) is 2. The quantitative estimate of drug-likeness (QED) is 0.847. The molecule has 0 aliphatic carbocycles. The Morgan fingerprint density at radius 1 is 1.38 bits per heavy atom. The van der Waals surface area contributed by atoms with Crippen LogP contribution in [0.3, 0.4) is 0 Å². The summed E-state index contributed by atoms with van der Waals surface area (Å²) in [6.45, 7) is 3.01. The van der Waals surface area contributed by atoms with Crippen molar-refractivity contribution in [1.29, 1.82) is 0 Å². The third-order valence-electron chi connectivity index (χ3n) is 3.98. The van der Waals surface area contributed by atoms with E-state index in [2.05, 4.69) is 23.6 Å². The zero-order valence-electron chi connectivity index (χ0n) is 13.0. The number of ether oxygens (including phenoxy) is 1. The first-order valence-corrected chi connectivity index (χ1v) is 7.89. The highest BCUT2D eigenvalue weighted by atomic mass is 16.5. The van der Waals surface area contributed by atoms with Gasteiger partial charge in [-0.3, -0.25) is 4.79 Å². The summed E-state index contributed by atoms with van der Waals surface area (Å²) in [6.07, 6.45) is 5.13. The summed E-state index contributed by atoms with van der Waals surface area (Å²) in [4.78, 5) is 11.6. The van der Waals surface area contributed by atoms with Crippen LogP contribution >= 0.6 is 0 Å². The number of carbonyl (C=O) groups is 1. The van der Waals surface area contributed by atoms with E-state index < -0.39 is 0 Å². The largest absolute Gasteiger partial charge is 0.382 e. The van der Waals surface area contributed by atoms with Gasteiger partial charge in [-0.25, -0.2) is 0 Å². The van der Waals surface area contributed by atoms with Crippen LogP contribution in [-0.4, -0.2) is 31.7 Å². The van der Waals surface area contributed by atoms with Crippen molar-refractivity contribution in [2.75, 3.05) is 19.0 Å². The predicted octanol–water partition coefficient (Wildman–Crippen LogP) is 2.73. The minimum absolute atomic E-state index is 0.0417. The molecule has 2 rings (SSSR count). The highest BCUT2D eigenvalue weighted by molar-refractivity contribution is 5.80. The van der Waals surface area contributed by atoms with Gasteiger partial charge < -0.3 is 15.4 Å². The maximum Gasteiger partial charge on any atom is 0.224 e. The molecule has 0 radical (unpaired) electrons. The number of hydrogen-bond acceptors (Lipinski definition) is 3. The van der Waals surface area contributed by atoms with Gasteiger partial charge in [0.1, 0.15) is 0 Å². The fourth-order valence-electron chi connectivity index (χ4n) is 2.83. The van der Waals surface area contributed by atoms with Crippen molar-refractivity contribution < 1.29 is 9.53 Å². The van der Waals surface area contributed by atoms with E-state index in [0.717, 1.165) is 43.5 Å². The smallest absolute Gasteiger partial charge is 0.224 e. The van der Waals surface area contributed by atoms with E-state index in [9.17, 15) is 4.79 Å². The second-order valence-electron chi connectivity index (χ2n) is 5.65. The Labute approximate surface area is 127 Å². The van der Waals surface area contributed by atoms with Crippen molar-refractivity contribution in [2.24, 2.45) is 0 Å². The Morgan fingerprint density at radius 2 is 2.19 bits per heavy atom. The van der Waals surface area contributed by atoms with E-state index in [0.29, 0.717) is 18.6 Å². The summed E-state index contributed by atoms with van der Waals surface area (Å²) in [5.41, 5.74) is 2.12. The lowest BCUT2D eigenvalue weighted by molar-refractivity contribution is -0.119. The standard InChI is InChI=1S/C17H26N2O2/c1-3-6-15-12-14(9-10-21-15)19-16-8-5-4-7-13(16)11-17(20)18-2/h4-5,7-8,14-15,19H,3,6,9-12H2,1-2H3,(H,18,20). The van der Waals surface area contributed by atoms with Gasteiger partial charge in [0.15, 0.2) is 0 Å². The molecule has 1 aromatic carbocycles. The first kappa shape index (κ1) is 15.8. The summed E-state index contributed by atoms with van der Waals surface area (Å²) in [7, 11) is 1.67. The van der Waals surface area contributed by atoms with Gasteiger partial charge in [-0.05, 0) is 30.9 Å². The zero-order chi connectivity index (χ0) is 15.1. The molecule has 1 fully saturated rings. The fourth-order valence-corrected chi connectivity index (χ4v) is 2.83. The topological polar surface area (TPSA) is 50.4 Å². The average molecular weight is 290 g/mol. The molecule has 0 aromatic heterocycles. The van der Waals surface area contributed by atoms with Crippen molar-refractivity contribution in [3.8, 4) is 0 Å². The molecule has 1 aliphatic rings. The first-order chi connectivity index (χ1) is 10.2. The number of anilines is 1. The van der Waals surface area contributed by atoms with Gasteiger partial charge in [0.25, 0.3) is 0 Å². The van der Waals surface area contributed by atoms with E-state index in [1.165, 1.54) is 0 Å². The summed E-state index contributed by atoms with van der Waals surface area (Å²) < 4.78 is 5.79. The predicted molar refractivity (Wildman–Crippen MR) is 85.5 cm³/mol. The summed E-state index contributed by atoms with van der Waals surface area (Å²) in [5, 5.41) is 6.29. The van der Waals surface area contributed by atoms with Gasteiger partial charge in [-0.1, -0.05) is 31.5 Å². The van der Waals surface area contributed by atoms with Gasteiger partial charge in [-0.15, -0.1) is 0 Å². The van der Waals surface area contributed by atoms with Crippen LogP contribution in [-0.2, 0) is 16.0 Å². The van der Waals surface area contributed by atoms with Crippen molar-refractivity contribution in [3.63, 3.8) is 0 Å². The molecular weight excluding hydrogens is 264 g/mol. The van der Waals surface area contributed by atoms with Crippen molar-refractivity contribution in [1.82, 2.24) is 5.32 Å². The second-order valence-corrected chi connectivity index (χ2v) is 5.65. The van der Waals surface area contributed by atoms with E-state index in [-0.39, 0.29) is 5.91 Å². The molecule has 1 saturated heterocycles. The molecule has 21 heavy (non-hydrogen) atoms. The SMILES string of the molecule is CCCC1CC(Nc2ccccc2CC(=O)NC)CCO1. The van der Waals surface area contributed by atoms with E-state index >= 15 is 0 Å². The number of rotatable bonds is 6. The number of amides is 1. The summed E-state index contributed by atoms with van der Waals surface area (Å²) >= 11 is 0. The Bertz CT molecular complexity index is 460. The van der Waals surface area contributed by atoms with Gasteiger partial charge in [0.2, 0.25) is 5.91 Å². The van der Waals surface area contributed by atoms with E-state index in [1.54, 1.807) is 7.05 Å². The molecule has 4 heteroatoms. The first-order valence-electron chi connectivity index (χ1n) is 7.89. The molecule has 2 N–H and O–H groups in total. The monoisotopic (exact) mass is 290 g/mol. The number of para-hydroxylation sites is 1. The molecule has 2 atom stereocenters. The molecule has 1 aliphatic heterocycles. The minimum Gasteiger partial charge on any atom is -0.382 e. The Balaban J connectivity index is 2.00. The molecule has 2 unspecified atom stereocenters. The second kappa shape index (κ2) is 8.03. The van der Waals surface area contributed by atoms with Crippen LogP contribution < -0.4 is 10.6 Å². The fraction of sp³-hybridized carbons (Fsp3) is 0.588. The highest BCUT2D eigenvalue weighted by Gasteiger charge is 2.22. The van der Waals surface area contributed by atoms with Crippen molar-refractivity contribution in [2.45, 2.75) is 51.2 Å². The molecule has 1 amide bonds. The Hall–Kier alpha value is -1.55. The minimum atomic E-state index is 0.0417. The summed E-state index contributed by atoms with van der Waals surface area (Å²) in [5.74, 6) is 0.0417. The lowest BCUT2D eigenvalue weighted by Crippen LogP contribution is -2.34. The molecule has 1 aromatic rings. The molecule has 0 bridgehead atoms. The van der Waals surface area contributed by atoms with E-state index in [4.69, 9.17) is 4.74 Å². The van der Waals surface area contributed by atoms with Crippen LogP contribution in [0.15, 0.2) is 24.3 Å². The van der Waals surface area contributed by atoms with Gasteiger partial charge in [-0.2, -0.15) is 0 Å². The van der Waals surface area contributed by atoms with Gasteiger partial charge >= 0.3 is 0 Å². The number of carbonyl (C=O) groups excluding carboxylic acids is 1. The van der Waals surface area contributed by atoms with Crippen LogP contribution in [0, 0.1) is 0 Å². The third-order valence-corrected chi connectivity index (χ3v) is 3.98. The Morgan fingerprint density at radius 3 is 2.95 bits per heavy atom. The molecule has 116 valence electrons. The number of likely N-dealkylation sites (N-methyl/N-ethyl adjacent to an activating group) is 1. The van der Waals surface area contributed by atoms with Gasteiger partial charge in [0, 0.05) is 25.4 Å². The van der Waals surface area contributed by atoms with Gasteiger partial charge in [0.05, 0.1) is 12.5 Å². The molecule has 4 nitrogen and oxygen atoms in total. The normalized spacial score (nSPS) is 21.8. The lowest BCUT2D eigenvalue weighted by atomic mass is 9.99. The maximum absolute atomic E-state index is 11.6. The molecular formula is C17H26N2O2. The van der Waals surface area contributed by atoms with Crippen molar-refractivity contribution >= 4 is 11.6 Å². The van der Waals surface area contributed by atoms with Crippen LogP contribution in [0.2, 0.25) is 0 Å². The van der Waals surface area contributed by atoms with Crippen LogP contribution in [0.1, 0.15) is 38.2 Å². The summed E-state index contributed by atoms with van der Waals surface area (Å²) in [6, 6.07) is 8.50. The molecule has 1 heterocycles. The number of hydrogen-bond donors (Lipinski definition) is 2. The van der Waals surface area contributed by atoms with Crippen LogP contribution in [0.25, 0.3) is 0 Å². The van der Waals surface area contributed by atoms with E-state index in [1.807, 2.05) is 18.2 Å². The van der Waals surface area contributed by atoms with Crippen LogP contribution in [0.5, 0.6) is 0 Å². The number of benzene rings is 1. The van der Waals surface area contributed by atoms with Crippen molar-refractivity contribution in [3.05, 3.63) is 29.8 Å². The molecule has 0 spiro atoms.